The Hall–Kier alpha value is 0.0249. The van der Waals surface area contributed by atoms with Crippen molar-refractivity contribution in [3.8, 4) is 0 Å². The third-order valence-electron chi connectivity index (χ3n) is 3.49. The van der Waals surface area contributed by atoms with Crippen LogP contribution in [-0.4, -0.2) is 18.5 Å². The Bertz CT molecular complexity index is 161. The van der Waals surface area contributed by atoms with Crippen molar-refractivity contribution in [2.45, 2.75) is 38.1 Å². The van der Waals surface area contributed by atoms with E-state index in [1.165, 1.54) is 19.3 Å². The standard InChI is InChI=1S/C9H15BO/c1-9(10,11)8-5-6-2-3-7(8)4-6/h6-8,11H,2-5H2,1H3. The van der Waals surface area contributed by atoms with E-state index in [1.807, 2.05) is 0 Å². The summed E-state index contributed by atoms with van der Waals surface area (Å²) in [5, 5.41) is 9.62. The summed E-state index contributed by atoms with van der Waals surface area (Å²) in [5.41, 5.74) is -0.917. The largest absolute Gasteiger partial charge is 0.400 e. The Labute approximate surface area is 69.6 Å². The first-order chi connectivity index (χ1) is 5.07. The molecule has 60 valence electrons. The molecule has 4 atom stereocenters. The maximum Gasteiger partial charge on any atom is 0.113 e. The molecule has 2 radical (unpaired) electrons. The molecule has 0 aromatic heterocycles. The molecule has 2 fully saturated rings. The van der Waals surface area contributed by atoms with Crippen LogP contribution in [0.1, 0.15) is 32.6 Å². The third-order valence-corrected chi connectivity index (χ3v) is 3.49. The van der Waals surface area contributed by atoms with Gasteiger partial charge in [-0.3, -0.25) is 0 Å². The van der Waals surface area contributed by atoms with Crippen molar-refractivity contribution in [3.05, 3.63) is 0 Å². The van der Waals surface area contributed by atoms with Crippen molar-refractivity contribution in [2.24, 2.45) is 17.8 Å². The smallest absolute Gasteiger partial charge is 0.113 e. The van der Waals surface area contributed by atoms with Crippen LogP contribution in [0.5, 0.6) is 0 Å². The van der Waals surface area contributed by atoms with Gasteiger partial charge in [-0.15, -0.1) is 0 Å². The molecular weight excluding hydrogens is 135 g/mol. The number of fused-ring (bicyclic) bond motifs is 2. The Morgan fingerprint density at radius 1 is 1.36 bits per heavy atom. The van der Waals surface area contributed by atoms with Crippen molar-refractivity contribution >= 4 is 7.85 Å². The molecule has 2 aliphatic rings. The zero-order valence-electron chi connectivity index (χ0n) is 7.09. The highest BCUT2D eigenvalue weighted by Gasteiger charge is 2.45. The zero-order valence-corrected chi connectivity index (χ0v) is 7.09. The Balaban J connectivity index is 2.08. The van der Waals surface area contributed by atoms with Crippen LogP contribution in [0.15, 0.2) is 0 Å². The number of aliphatic hydroxyl groups is 1. The molecule has 0 saturated heterocycles. The van der Waals surface area contributed by atoms with Crippen LogP contribution in [0.4, 0.5) is 0 Å². The van der Waals surface area contributed by atoms with Gasteiger partial charge in [0.25, 0.3) is 0 Å². The van der Waals surface area contributed by atoms with Gasteiger partial charge in [0.15, 0.2) is 0 Å². The summed E-state index contributed by atoms with van der Waals surface area (Å²) in [6.07, 6.45) is 5.14. The fourth-order valence-electron chi connectivity index (χ4n) is 2.96. The maximum atomic E-state index is 9.62. The molecule has 0 amide bonds. The molecule has 0 heterocycles. The molecule has 1 N–H and O–H groups in total. The van der Waals surface area contributed by atoms with E-state index in [-0.39, 0.29) is 0 Å². The lowest BCUT2D eigenvalue weighted by molar-refractivity contribution is 0.0501. The SMILES string of the molecule is [B]C(C)(O)C1CC2CCC1C2. The lowest BCUT2D eigenvalue weighted by Gasteiger charge is -2.33. The monoisotopic (exact) mass is 150 g/mol. The second-order valence-electron chi connectivity index (χ2n) is 4.51. The molecular formula is C9H15BO. The van der Waals surface area contributed by atoms with Gasteiger partial charge < -0.3 is 5.11 Å². The van der Waals surface area contributed by atoms with Crippen LogP contribution in [0.2, 0.25) is 0 Å². The highest BCUT2D eigenvalue weighted by Crippen LogP contribution is 2.51. The summed E-state index contributed by atoms with van der Waals surface area (Å²) in [5.74, 6) is 1.97. The minimum Gasteiger partial charge on any atom is -0.400 e. The summed E-state index contributed by atoms with van der Waals surface area (Å²) in [4.78, 5) is 0. The second-order valence-corrected chi connectivity index (χ2v) is 4.51. The summed E-state index contributed by atoms with van der Waals surface area (Å²) >= 11 is 0. The zero-order chi connectivity index (χ0) is 8.06. The fourth-order valence-corrected chi connectivity index (χ4v) is 2.96. The molecule has 2 saturated carbocycles. The molecule has 0 aliphatic heterocycles. The van der Waals surface area contributed by atoms with Gasteiger partial charge >= 0.3 is 0 Å². The first kappa shape index (κ1) is 7.66. The molecule has 0 spiro atoms. The van der Waals surface area contributed by atoms with Gasteiger partial charge in [0, 0.05) is 5.50 Å². The minimum absolute atomic E-state index is 0.376. The first-order valence-electron chi connectivity index (χ1n) is 4.58. The van der Waals surface area contributed by atoms with E-state index in [0.717, 1.165) is 18.3 Å². The van der Waals surface area contributed by atoms with Crippen molar-refractivity contribution in [3.63, 3.8) is 0 Å². The summed E-state index contributed by atoms with van der Waals surface area (Å²) in [7, 11) is 5.68. The molecule has 2 heteroatoms. The Morgan fingerprint density at radius 3 is 2.36 bits per heavy atom. The first-order valence-corrected chi connectivity index (χ1v) is 4.58. The molecule has 2 bridgehead atoms. The Morgan fingerprint density at radius 2 is 2.09 bits per heavy atom. The Kier molecular flexibility index (Phi) is 1.57. The van der Waals surface area contributed by atoms with Crippen molar-refractivity contribution < 1.29 is 5.11 Å². The van der Waals surface area contributed by atoms with Gasteiger partial charge in [0.2, 0.25) is 0 Å². The normalized spacial score (nSPS) is 47.6. The topological polar surface area (TPSA) is 20.2 Å². The van der Waals surface area contributed by atoms with E-state index in [1.54, 1.807) is 6.92 Å². The summed E-state index contributed by atoms with van der Waals surface area (Å²) in [6.45, 7) is 1.75. The molecule has 11 heavy (non-hydrogen) atoms. The third kappa shape index (κ3) is 1.22. The number of hydrogen-bond donors (Lipinski definition) is 1. The van der Waals surface area contributed by atoms with E-state index < -0.39 is 5.50 Å². The van der Waals surface area contributed by atoms with Gasteiger partial charge in [-0.05, 0) is 43.9 Å². The molecule has 4 unspecified atom stereocenters. The quantitative estimate of drug-likeness (QED) is 0.558. The molecule has 2 aliphatic carbocycles. The molecule has 2 rings (SSSR count). The molecule has 1 nitrogen and oxygen atoms in total. The van der Waals surface area contributed by atoms with Gasteiger partial charge in [-0.1, -0.05) is 6.42 Å². The average molecular weight is 150 g/mol. The van der Waals surface area contributed by atoms with Crippen LogP contribution < -0.4 is 0 Å². The number of hydrogen-bond acceptors (Lipinski definition) is 1. The highest BCUT2D eigenvalue weighted by atomic mass is 16.3. The lowest BCUT2D eigenvalue weighted by atomic mass is 9.67. The van der Waals surface area contributed by atoms with Crippen molar-refractivity contribution in [1.82, 2.24) is 0 Å². The van der Waals surface area contributed by atoms with Crippen LogP contribution in [-0.2, 0) is 0 Å². The van der Waals surface area contributed by atoms with E-state index >= 15 is 0 Å². The summed E-state index contributed by atoms with van der Waals surface area (Å²) < 4.78 is 0. The van der Waals surface area contributed by atoms with Crippen LogP contribution in [0, 0.1) is 17.8 Å². The fraction of sp³-hybridized carbons (Fsp3) is 1.00. The van der Waals surface area contributed by atoms with Gasteiger partial charge in [-0.2, -0.15) is 0 Å². The lowest BCUT2D eigenvalue weighted by Crippen LogP contribution is -2.38. The van der Waals surface area contributed by atoms with Crippen LogP contribution in [0.3, 0.4) is 0 Å². The van der Waals surface area contributed by atoms with Gasteiger partial charge in [0.1, 0.15) is 7.85 Å². The van der Waals surface area contributed by atoms with E-state index in [4.69, 9.17) is 7.85 Å². The van der Waals surface area contributed by atoms with E-state index in [0.29, 0.717) is 5.92 Å². The van der Waals surface area contributed by atoms with Crippen molar-refractivity contribution in [1.29, 1.82) is 0 Å². The predicted octanol–water partition coefficient (Wildman–Crippen LogP) is 1.30. The molecule has 0 aromatic rings. The maximum absolute atomic E-state index is 9.62. The van der Waals surface area contributed by atoms with Gasteiger partial charge in [-0.25, -0.2) is 0 Å². The predicted molar refractivity (Wildman–Crippen MR) is 45.3 cm³/mol. The average Bonchev–Trinajstić information content (AvgIpc) is 2.42. The van der Waals surface area contributed by atoms with E-state index in [2.05, 4.69) is 0 Å². The second kappa shape index (κ2) is 2.26. The van der Waals surface area contributed by atoms with Gasteiger partial charge in [0.05, 0.1) is 0 Å². The molecule has 0 aromatic carbocycles. The summed E-state index contributed by atoms with van der Waals surface area (Å²) in [6, 6.07) is 0. The number of rotatable bonds is 1. The van der Waals surface area contributed by atoms with Crippen LogP contribution >= 0.6 is 0 Å². The highest BCUT2D eigenvalue weighted by molar-refractivity contribution is 6.14. The van der Waals surface area contributed by atoms with Crippen molar-refractivity contribution in [2.75, 3.05) is 0 Å². The van der Waals surface area contributed by atoms with Crippen LogP contribution in [0.25, 0.3) is 0 Å². The van der Waals surface area contributed by atoms with E-state index in [9.17, 15) is 5.11 Å². The minimum atomic E-state index is -0.917.